The number of aliphatic hydroxyl groups excluding tert-OH is 1. The van der Waals surface area contributed by atoms with Crippen LogP contribution in [0.25, 0.3) is 0 Å². The van der Waals surface area contributed by atoms with E-state index in [0.717, 1.165) is 11.3 Å². The molecule has 0 aliphatic heterocycles. The van der Waals surface area contributed by atoms with Crippen LogP contribution in [-0.2, 0) is 6.42 Å². The minimum Gasteiger partial charge on any atom is -0.393 e. The zero-order chi connectivity index (χ0) is 8.27. The summed E-state index contributed by atoms with van der Waals surface area (Å²) in [6.07, 6.45) is 2.22. The summed E-state index contributed by atoms with van der Waals surface area (Å²) in [5.74, 6) is 0. The van der Waals surface area contributed by atoms with E-state index in [1.807, 2.05) is 25.3 Å². The van der Waals surface area contributed by atoms with Crippen molar-refractivity contribution in [1.82, 2.24) is 4.98 Å². The summed E-state index contributed by atoms with van der Waals surface area (Å²) >= 11 is 0. The molecule has 0 aliphatic carbocycles. The average Bonchev–Trinajstić information content (AvgIpc) is 1.93. The number of rotatable bonds is 2. The first kappa shape index (κ1) is 8.21. The Bertz CT molecular complexity index is 216. The smallest absolute Gasteiger partial charge is 0.0553 e. The molecule has 0 unspecified atom stereocenters. The van der Waals surface area contributed by atoms with E-state index in [4.69, 9.17) is 5.11 Å². The zero-order valence-corrected chi connectivity index (χ0v) is 6.91. The van der Waals surface area contributed by atoms with Crippen LogP contribution < -0.4 is 0 Å². The van der Waals surface area contributed by atoms with Crippen molar-refractivity contribution < 1.29 is 5.11 Å². The molecular weight excluding hydrogens is 138 g/mol. The van der Waals surface area contributed by atoms with Crippen molar-refractivity contribution >= 4 is 0 Å². The van der Waals surface area contributed by atoms with Gasteiger partial charge in [-0.05, 0) is 31.9 Å². The first-order valence-electron chi connectivity index (χ1n) is 3.78. The van der Waals surface area contributed by atoms with Gasteiger partial charge in [0.1, 0.15) is 0 Å². The second kappa shape index (κ2) is 3.49. The van der Waals surface area contributed by atoms with Gasteiger partial charge in [0, 0.05) is 11.9 Å². The molecule has 1 aromatic heterocycles. The molecule has 0 saturated carbocycles. The van der Waals surface area contributed by atoms with E-state index in [0.29, 0.717) is 6.42 Å². The molecule has 0 fully saturated rings. The third-order valence-corrected chi connectivity index (χ3v) is 1.50. The van der Waals surface area contributed by atoms with Crippen LogP contribution in [0.5, 0.6) is 0 Å². The second-order valence-corrected chi connectivity index (χ2v) is 2.86. The standard InChI is InChI=1S/C9H13NO/c1-7-3-4-9(6-10-7)5-8(2)11/h3-4,6,8,11H,5H2,1-2H3/t8-/m1/s1. The molecule has 0 amide bonds. The summed E-state index contributed by atoms with van der Waals surface area (Å²) in [5, 5.41) is 9.05. The summed E-state index contributed by atoms with van der Waals surface area (Å²) in [6.45, 7) is 3.73. The fourth-order valence-corrected chi connectivity index (χ4v) is 0.960. The van der Waals surface area contributed by atoms with Crippen LogP contribution in [0.4, 0.5) is 0 Å². The molecule has 11 heavy (non-hydrogen) atoms. The molecular formula is C9H13NO. The lowest BCUT2D eigenvalue weighted by Gasteiger charge is -2.02. The van der Waals surface area contributed by atoms with Crippen LogP contribution in [0.1, 0.15) is 18.2 Å². The van der Waals surface area contributed by atoms with Gasteiger partial charge >= 0.3 is 0 Å². The average molecular weight is 151 g/mol. The first-order valence-corrected chi connectivity index (χ1v) is 3.78. The fourth-order valence-electron chi connectivity index (χ4n) is 0.960. The van der Waals surface area contributed by atoms with Gasteiger partial charge in [-0.2, -0.15) is 0 Å². The van der Waals surface area contributed by atoms with Gasteiger partial charge in [0.25, 0.3) is 0 Å². The van der Waals surface area contributed by atoms with E-state index < -0.39 is 0 Å². The molecule has 60 valence electrons. The quantitative estimate of drug-likeness (QED) is 0.691. The summed E-state index contributed by atoms with van der Waals surface area (Å²) in [6, 6.07) is 3.95. The van der Waals surface area contributed by atoms with E-state index in [1.54, 1.807) is 6.92 Å². The summed E-state index contributed by atoms with van der Waals surface area (Å²) in [4.78, 5) is 4.12. The van der Waals surface area contributed by atoms with Gasteiger partial charge in [0.05, 0.1) is 6.10 Å². The van der Waals surface area contributed by atoms with E-state index in [-0.39, 0.29) is 6.10 Å². The molecule has 1 N–H and O–H groups in total. The Balaban J connectivity index is 2.66. The molecule has 1 rings (SSSR count). The maximum Gasteiger partial charge on any atom is 0.0553 e. The van der Waals surface area contributed by atoms with Gasteiger partial charge in [-0.1, -0.05) is 6.07 Å². The highest BCUT2D eigenvalue weighted by Crippen LogP contribution is 2.02. The molecule has 0 aromatic carbocycles. The Labute approximate surface area is 66.9 Å². The highest BCUT2D eigenvalue weighted by molar-refractivity contribution is 5.13. The lowest BCUT2D eigenvalue weighted by molar-refractivity contribution is 0.195. The van der Waals surface area contributed by atoms with Gasteiger partial charge in [0.15, 0.2) is 0 Å². The van der Waals surface area contributed by atoms with Crippen LogP contribution in [0, 0.1) is 6.92 Å². The van der Waals surface area contributed by atoms with Gasteiger partial charge in [-0.25, -0.2) is 0 Å². The highest BCUT2D eigenvalue weighted by atomic mass is 16.3. The van der Waals surface area contributed by atoms with Gasteiger partial charge in [0.2, 0.25) is 0 Å². The summed E-state index contributed by atoms with van der Waals surface area (Å²) in [7, 11) is 0. The number of hydrogen-bond acceptors (Lipinski definition) is 2. The molecule has 1 aromatic rings. The minimum absolute atomic E-state index is 0.278. The van der Waals surface area contributed by atoms with Crippen molar-refractivity contribution in [3.8, 4) is 0 Å². The van der Waals surface area contributed by atoms with E-state index in [1.165, 1.54) is 0 Å². The van der Waals surface area contributed by atoms with E-state index in [2.05, 4.69) is 4.98 Å². The van der Waals surface area contributed by atoms with E-state index in [9.17, 15) is 0 Å². The molecule has 1 heterocycles. The maximum atomic E-state index is 9.05. The molecule has 1 atom stereocenters. The normalized spacial score (nSPS) is 13.0. The number of aromatic nitrogens is 1. The Morgan fingerprint density at radius 2 is 2.27 bits per heavy atom. The van der Waals surface area contributed by atoms with Crippen LogP contribution in [0.3, 0.4) is 0 Å². The van der Waals surface area contributed by atoms with Crippen molar-refractivity contribution in [2.24, 2.45) is 0 Å². The van der Waals surface area contributed by atoms with Crippen LogP contribution in [0.15, 0.2) is 18.3 Å². The second-order valence-electron chi connectivity index (χ2n) is 2.86. The largest absolute Gasteiger partial charge is 0.393 e. The van der Waals surface area contributed by atoms with Gasteiger partial charge in [-0.15, -0.1) is 0 Å². The Morgan fingerprint density at radius 1 is 1.55 bits per heavy atom. The SMILES string of the molecule is Cc1ccc(C[C@@H](C)O)cn1. The Morgan fingerprint density at radius 3 is 2.73 bits per heavy atom. The molecule has 0 bridgehead atoms. The monoisotopic (exact) mass is 151 g/mol. The summed E-state index contributed by atoms with van der Waals surface area (Å²) < 4.78 is 0. The van der Waals surface area contributed by atoms with Crippen LogP contribution in [-0.4, -0.2) is 16.2 Å². The maximum absolute atomic E-state index is 9.05. The minimum atomic E-state index is -0.278. The fraction of sp³-hybridized carbons (Fsp3) is 0.444. The third kappa shape index (κ3) is 2.68. The Kier molecular flexibility index (Phi) is 2.60. The number of pyridine rings is 1. The van der Waals surface area contributed by atoms with Crippen LogP contribution in [0.2, 0.25) is 0 Å². The van der Waals surface area contributed by atoms with Crippen molar-refractivity contribution in [2.45, 2.75) is 26.4 Å². The van der Waals surface area contributed by atoms with E-state index >= 15 is 0 Å². The van der Waals surface area contributed by atoms with Crippen molar-refractivity contribution in [3.05, 3.63) is 29.6 Å². The topological polar surface area (TPSA) is 33.1 Å². The van der Waals surface area contributed by atoms with Gasteiger partial charge < -0.3 is 5.11 Å². The predicted octanol–water partition coefficient (Wildman–Crippen LogP) is 1.31. The third-order valence-electron chi connectivity index (χ3n) is 1.50. The number of hydrogen-bond donors (Lipinski definition) is 1. The highest BCUT2D eigenvalue weighted by Gasteiger charge is 1.97. The summed E-state index contributed by atoms with van der Waals surface area (Å²) in [5.41, 5.74) is 2.10. The zero-order valence-electron chi connectivity index (χ0n) is 6.91. The van der Waals surface area contributed by atoms with Crippen molar-refractivity contribution in [3.63, 3.8) is 0 Å². The number of aryl methyl sites for hydroxylation is 1. The van der Waals surface area contributed by atoms with Crippen LogP contribution >= 0.6 is 0 Å². The molecule has 0 saturated heterocycles. The Hall–Kier alpha value is -0.890. The van der Waals surface area contributed by atoms with Crippen molar-refractivity contribution in [1.29, 1.82) is 0 Å². The predicted molar refractivity (Wildman–Crippen MR) is 44.4 cm³/mol. The van der Waals surface area contributed by atoms with Gasteiger partial charge in [-0.3, -0.25) is 4.98 Å². The molecule has 2 nitrogen and oxygen atoms in total. The van der Waals surface area contributed by atoms with Crippen molar-refractivity contribution in [2.75, 3.05) is 0 Å². The lowest BCUT2D eigenvalue weighted by Crippen LogP contribution is -2.04. The molecule has 0 radical (unpaired) electrons. The number of nitrogens with zero attached hydrogens (tertiary/aromatic N) is 1. The molecule has 0 aliphatic rings. The first-order chi connectivity index (χ1) is 5.18. The molecule has 0 spiro atoms. The molecule has 2 heteroatoms. The lowest BCUT2D eigenvalue weighted by atomic mass is 10.1. The number of aliphatic hydroxyl groups is 1.